The lowest BCUT2D eigenvalue weighted by Crippen LogP contribution is -2.36. The van der Waals surface area contributed by atoms with Crippen LogP contribution >= 0.6 is 0 Å². The molecule has 0 aliphatic carbocycles. The Morgan fingerprint density at radius 2 is 2.04 bits per heavy atom. The minimum atomic E-state index is -0.0859. The molecule has 1 fully saturated rings. The van der Waals surface area contributed by atoms with E-state index in [1.807, 2.05) is 47.1 Å². The van der Waals surface area contributed by atoms with E-state index in [2.05, 4.69) is 25.5 Å². The zero-order valence-electron chi connectivity index (χ0n) is 15.0. The molecule has 0 radical (unpaired) electrons. The van der Waals surface area contributed by atoms with E-state index in [0.717, 1.165) is 30.2 Å². The number of rotatable bonds is 6. The van der Waals surface area contributed by atoms with E-state index in [1.54, 1.807) is 6.33 Å². The Labute approximate surface area is 157 Å². The summed E-state index contributed by atoms with van der Waals surface area (Å²) in [4.78, 5) is 23.0. The van der Waals surface area contributed by atoms with Crippen LogP contribution in [-0.2, 0) is 4.74 Å². The van der Waals surface area contributed by atoms with Crippen molar-refractivity contribution in [2.75, 3.05) is 49.6 Å². The maximum absolute atomic E-state index is 12.3. The first-order valence-corrected chi connectivity index (χ1v) is 9.03. The number of pyridine rings is 1. The number of nitrogens with zero attached hydrogens (tertiary/aromatic N) is 4. The molecule has 0 saturated carbocycles. The number of carbonyl (C=O) groups is 1. The molecule has 8 nitrogen and oxygen atoms in total. The lowest BCUT2D eigenvalue weighted by molar-refractivity contribution is 0.0955. The van der Waals surface area contributed by atoms with E-state index >= 15 is 0 Å². The van der Waals surface area contributed by atoms with Gasteiger partial charge in [0.15, 0.2) is 0 Å². The van der Waals surface area contributed by atoms with E-state index < -0.39 is 0 Å². The Morgan fingerprint density at radius 1 is 1.15 bits per heavy atom. The highest BCUT2D eigenvalue weighted by molar-refractivity contribution is 5.95. The van der Waals surface area contributed by atoms with Crippen molar-refractivity contribution in [2.24, 2.45) is 0 Å². The van der Waals surface area contributed by atoms with Gasteiger partial charge >= 0.3 is 0 Å². The summed E-state index contributed by atoms with van der Waals surface area (Å²) in [5, 5.41) is 6.15. The van der Waals surface area contributed by atoms with Gasteiger partial charge in [0.2, 0.25) is 0 Å². The third-order valence-electron chi connectivity index (χ3n) is 4.47. The molecule has 3 aromatic heterocycles. The van der Waals surface area contributed by atoms with Crippen molar-refractivity contribution in [2.45, 2.75) is 0 Å². The highest BCUT2D eigenvalue weighted by Crippen LogP contribution is 2.15. The van der Waals surface area contributed by atoms with Gasteiger partial charge in [-0.15, -0.1) is 0 Å². The molecule has 4 heterocycles. The fraction of sp³-hybridized carbons (Fsp3) is 0.316. The summed E-state index contributed by atoms with van der Waals surface area (Å²) >= 11 is 0. The summed E-state index contributed by atoms with van der Waals surface area (Å²) < 4.78 is 7.30. The summed E-state index contributed by atoms with van der Waals surface area (Å²) in [5.41, 5.74) is 1.65. The van der Waals surface area contributed by atoms with Gasteiger partial charge in [0, 0.05) is 50.2 Å². The summed E-state index contributed by atoms with van der Waals surface area (Å²) in [6.45, 7) is 4.18. The quantitative estimate of drug-likeness (QED) is 0.642. The smallest absolute Gasteiger partial charge is 0.252 e. The third-order valence-corrected chi connectivity index (χ3v) is 4.47. The normalized spacial score (nSPS) is 14.3. The number of carbonyl (C=O) groups excluding carboxylic acids is 1. The van der Waals surface area contributed by atoms with Crippen molar-refractivity contribution in [1.29, 1.82) is 0 Å². The van der Waals surface area contributed by atoms with Gasteiger partial charge < -0.3 is 24.7 Å². The van der Waals surface area contributed by atoms with E-state index in [0.29, 0.717) is 31.9 Å². The van der Waals surface area contributed by atoms with E-state index in [-0.39, 0.29) is 5.91 Å². The van der Waals surface area contributed by atoms with Gasteiger partial charge in [-0.05, 0) is 18.2 Å². The molecule has 4 rings (SSSR count). The van der Waals surface area contributed by atoms with Gasteiger partial charge in [-0.3, -0.25) is 4.79 Å². The molecule has 8 heteroatoms. The molecule has 1 aliphatic heterocycles. The average Bonchev–Trinajstić information content (AvgIpc) is 3.16. The first-order valence-electron chi connectivity index (χ1n) is 9.03. The Kier molecular flexibility index (Phi) is 5.15. The zero-order valence-corrected chi connectivity index (χ0v) is 15.0. The van der Waals surface area contributed by atoms with Gasteiger partial charge in [0.25, 0.3) is 5.91 Å². The van der Waals surface area contributed by atoms with Crippen LogP contribution in [0, 0.1) is 0 Å². The van der Waals surface area contributed by atoms with Crippen LogP contribution in [-0.4, -0.2) is 59.7 Å². The Bertz CT molecular complexity index is 886. The van der Waals surface area contributed by atoms with Crippen LogP contribution < -0.4 is 15.5 Å². The topological polar surface area (TPSA) is 83.8 Å². The number of nitrogens with one attached hydrogen (secondary N) is 2. The SMILES string of the molecule is O=C(NCCNc1cc(N2CCOCC2)ncn1)c1cc2ccccn2c1. The predicted molar refractivity (Wildman–Crippen MR) is 103 cm³/mol. The van der Waals surface area contributed by atoms with Crippen LogP contribution in [0.3, 0.4) is 0 Å². The highest BCUT2D eigenvalue weighted by Gasteiger charge is 2.13. The van der Waals surface area contributed by atoms with Crippen LogP contribution in [0.1, 0.15) is 10.4 Å². The van der Waals surface area contributed by atoms with Crippen molar-refractivity contribution in [3.63, 3.8) is 0 Å². The second-order valence-corrected chi connectivity index (χ2v) is 6.31. The molecule has 0 atom stereocenters. The van der Waals surface area contributed by atoms with Crippen LogP contribution in [0.25, 0.3) is 5.52 Å². The Morgan fingerprint density at radius 3 is 2.89 bits per heavy atom. The van der Waals surface area contributed by atoms with Crippen molar-refractivity contribution in [3.05, 3.63) is 54.6 Å². The maximum atomic E-state index is 12.3. The third kappa shape index (κ3) is 4.17. The summed E-state index contributed by atoms with van der Waals surface area (Å²) in [5.74, 6) is 1.55. The second kappa shape index (κ2) is 8.05. The molecule has 1 amide bonds. The minimum absolute atomic E-state index is 0.0859. The number of ether oxygens (including phenoxy) is 1. The first-order chi connectivity index (χ1) is 13.3. The van der Waals surface area contributed by atoms with Crippen LogP contribution in [0.4, 0.5) is 11.6 Å². The molecule has 0 unspecified atom stereocenters. The van der Waals surface area contributed by atoms with Gasteiger partial charge in [0.05, 0.1) is 18.8 Å². The summed E-state index contributed by atoms with van der Waals surface area (Å²) in [6, 6.07) is 9.66. The molecular weight excluding hydrogens is 344 g/mol. The molecular formula is C19H22N6O2. The number of aromatic nitrogens is 3. The highest BCUT2D eigenvalue weighted by atomic mass is 16.5. The van der Waals surface area contributed by atoms with Crippen molar-refractivity contribution in [1.82, 2.24) is 19.7 Å². The monoisotopic (exact) mass is 366 g/mol. The lowest BCUT2D eigenvalue weighted by Gasteiger charge is -2.27. The number of hydrogen-bond donors (Lipinski definition) is 2. The van der Waals surface area contributed by atoms with Crippen LogP contribution in [0.5, 0.6) is 0 Å². The van der Waals surface area contributed by atoms with Gasteiger partial charge in [-0.1, -0.05) is 6.07 Å². The standard InChI is InChI=1S/C19H22N6O2/c26-19(15-11-16-3-1-2-6-25(16)13-15)21-5-4-20-17-12-18(23-14-22-17)24-7-9-27-10-8-24/h1-3,6,11-14H,4-5,7-10H2,(H,21,26)(H,20,22,23). The fourth-order valence-electron chi connectivity index (χ4n) is 3.06. The van der Waals surface area contributed by atoms with Crippen molar-refractivity contribution >= 4 is 23.1 Å². The Balaban J connectivity index is 1.27. The summed E-state index contributed by atoms with van der Waals surface area (Å²) in [7, 11) is 0. The molecule has 0 bridgehead atoms. The largest absolute Gasteiger partial charge is 0.378 e. The zero-order chi connectivity index (χ0) is 18.5. The van der Waals surface area contributed by atoms with Crippen molar-refractivity contribution < 1.29 is 9.53 Å². The van der Waals surface area contributed by atoms with E-state index in [4.69, 9.17) is 4.74 Å². The second-order valence-electron chi connectivity index (χ2n) is 6.31. The summed E-state index contributed by atoms with van der Waals surface area (Å²) in [6.07, 6.45) is 5.31. The van der Waals surface area contributed by atoms with E-state index in [1.165, 1.54) is 0 Å². The molecule has 2 N–H and O–H groups in total. The maximum Gasteiger partial charge on any atom is 0.252 e. The molecule has 0 aromatic carbocycles. The molecule has 1 aliphatic rings. The molecule has 27 heavy (non-hydrogen) atoms. The fourth-order valence-corrected chi connectivity index (χ4v) is 3.06. The number of amides is 1. The average molecular weight is 366 g/mol. The molecule has 140 valence electrons. The Hall–Kier alpha value is -3.13. The molecule has 1 saturated heterocycles. The lowest BCUT2D eigenvalue weighted by atomic mass is 10.3. The predicted octanol–water partition coefficient (Wildman–Crippen LogP) is 1.41. The molecule has 3 aromatic rings. The number of anilines is 2. The number of hydrogen-bond acceptors (Lipinski definition) is 6. The number of fused-ring (bicyclic) bond motifs is 1. The van der Waals surface area contributed by atoms with Crippen LogP contribution in [0.15, 0.2) is 49.1 Å². The van der Waals surface area contributed by atoms with Gasteiger partial charge in [0.1, 0.15) is 18.0 Å². The first kappa shape index (κ1) is 17.3. The van der Waals surface area contributed by atoms with Crippen molar-refractivity contribution in [3.8, 4) is 0 Å². The van der Waals surface area contributed by atoms with E-state index in [9.17, 15) is 4.79 Å². The van der Waals surface area contributed by atoms with Crippen LogP contribution in [0.2, 0.25) is 0 Å². The van der Waals surface area contributed by atoms with Gasteiger partial charge in [-0.2, -0.15) is 0 Å². The molecule has 0 spiro atoms. The minimum Gasteiger partial charge on any atom is -0.378 e. The van der Waals surface area contributed by atoms with Gasteiger partial charge in [-0.25, -0.2) is 9.97 Å². The number of morpholine rings is 1.